The van der Waals surface area contributed by atoms with Crippen LogP contribution in [-0.2, 0) is 0 Å². The Hall–Kier alpha value is -5.39. The van der Waals surface area contributed by atoms with Crippen molar-refractivity contribution in [1.29, 1.82) is 0 Å². The fourth-order valence-electron chi connectivity index (χ4n) is 5.58. The zero-order valence-electron chi connectivity index (χ0n) is 23.5. The number of rotatable bonds is 5. The van der Waals surface area contributed by atoms with E-state index in [1.54, 1.807) is 0 Å². The fourth-order valence-corrected chi connectivity index (χ4v) is 5.98. The van der Waals surface area contributed by atoms with Gasteiger partial charge in [-0.15, -0.1) is 0 Å². The topological polar surface area (TPSA) is 51.8 Å². The van der Waals surface area contributed by atoms with E-state index in [4.69, 9.17) is 19.4 Å². The third-order valence-corrected chi connectivity index (χ3v) is 8.29. The van der Waals surface area contributed by atoms with Gasteiger partial charge in [0.05, 0.1) is 0 Å². The molecule has 0 aliphatic carbocycles. The molecule has 0 N–H and O–H groups in total. The lowest BCUT2D eigenvalue weighted by molar-refractivity contribution is 0.669. The minimum absolute atomic E-state index is 0.616. The van der Waals surface area contributed by atoms with E-state index in [9.17, 15) is 0 Å². The third-order valence-electron chi connectivity index (χ3n) is 7.80. The molecule has 4 nitrogen and oxygen atoms in total. The molecule has 6 aromatic carbocycles. The maximum atomic E-state index is 6.07. The summed E-state index contributed by atoms with van der Waals surface area (Å²) in [5.74, 6) is 1.87. The van der Waals surface area contributed by atoms with Crippen molar-refractivity contribution in [2.45, 2.75) is 0 Å². The molecule has 208 valence electrons. The molecule has 0 fully saturated rings. The van der Waals surface area contributed by atoms with E-state index in [1.165, 1.54) is 11.1 Å². The largest absolute Gasteiger partial charge is 0.456 e. The first kappa shape index (κ1) is 26.3. The normalized spacial score (nSPS) is 11.3. The van der Waals surface area contributed by atoms with Gasteiger partial charge in [-0.3, -0.25) is 0 Å². The Morgan fingerprint density at radius 1 is 0.364 bits per heavy atom. The summed E-state index contributed by atoms with van der Waals surface area (Å²) >= 11 is 3.58. The molecule has 0 atom stereocenters. The maximum Gasteiger partial charge on any atom is 0.164 e. The number of halogens is 1. The lowest BCUT2D eigenvalue weighted by Gasteiger charge is -2.10. The highest BCUT2D eigenvalue weighted by molar-refractivity contribution is 9.10. The first-order chi connectivity index (χ1) is 21.7. The van der Waals surface area contributed by atoms with E-state index < -0.39 is 0 Å². The summed E-state index contributed by atoms with van der Waals surface area (Å²) in [6.45, 7) is 0. The third kappa shape index (κ3) is 4.97. The molecule has 2 heterocycles. The Morgan fingerprint density at radius 2 is 0.886 bits per heavy atom. The standard InChI is InChI=1S/C39H24BrN3O/c40-32-13-7-11-29(23-32)26-18-16-25(17-19-26)28-10-6-12-30(22-28)38-41-37(27-8-2-1-3-9-27)42-39(43-38)31-20-21-36-34(24-31)33-14-4-5-15-35(33)44-36/h1-24H. The van der Waals surface area contributed by atoms with Crippen molar-refractivity contribution in [3.05, 3.63) is 150 Å². The lowest BCUT2D eigenvalue weighted by Crippen LogP contribution is -2.00. The number of hydrogen-bond acceptors (Lipinski definition) is 4. The lowest BCUT2D eigenvalue weighted by atomic mass is 9.99. The van der Waals surface area contributed by atoms with Gasteiger partial charge in [-0.1, -0.05) is 119 Å². The van der Waals surface area contributed by atoms with Crippen molar-refractivity contribution in [3.8, 4) is 56.4 Å². The Morgan fingerprint density at radius 3 is 1.61 bits per heavy atom. The second-order valence-electron chi connectivity index (χ2n) is 10.6. The molecule has 0 saturated heterocycles. The summed E-state index contributed by atoms with van der Waals surface area (Å²) in [6.07, 6.45) is 0. The Balaban J connectivity index is 1.22. The summed E-state index contributed by atoms with van der Waals surface area (Å²) in [5.41, 5.74) is 9.03. The Kier molecular flexibility index (Phi) is 6.58. The van der Waals surface area contributed by atoms with Crippen LogP contribution in [-0.4, -0.2) is 15.0 Å². The number of hydrogen-bond donors (Lipinski definition) is 0. The van der Waals surface area contributed by atoms with Crippen LogP contribution >= 0.6 is 15.9 Å². The summed E-state index contributed by atoms with van der Waals surface area (Å²) in [6, 6.07) is 49.6. The van der Waals surface area contributed by atoms with E-state index in [0.717, 1.165) is 54.2 Å². The van der Waals surface area contributed by atoms with E-state index in [2.05, 4.69) is 94.8 Å². The highest BCUT2D eigenvalue weighted by Gasteiger charge is 2.15. The van der Waals surface area contributed by atoms with Crippen molar-refractivity contribution >= 4 is 37.9 Å². The zero-order chi connectivity index (χ0) is 29.5. The van der Waals surface area contributed by atoms with Crippen molar-refractivity contribution in [2.24, 2.45) is 0 Å². The molecule has 0 aliphatic rings. The van der Waals surface area contributed by atoms with Gasteiger partial charge in [0.25, 0.3) is 0 Å². The van der Waals surface area contributed by atoms with E-state index in [1.807, 2.05) is 66.7 Å². The highest BCUT2D eigenvalue weighted by Crippen LogP contribution is 2.33. The van der Waals surface area contributed by atoms with Crippen LogP contribution < -0.4 is 0 Å². The van der Waals surface area contributed by atoms with Crippen LogP contribution in [0.1, 0.15) is 0 Å². The molecular formula is C39H24BrN3O. The quantitative estimate of drug-likeness (QED) is 0.190. The molecule has 5 heteroatoms. The SMILES string of the molecule is Brc1cccc(-c2ccc(-c3cccc(-c4nc(-c5ccccc5)nc(-c5ccc6oc7ccccc7c6c5)n4)c3)cc2)c1. The predicted octanol–water partition coefficient (Wildman–Crippen LogP) is 10.9. The van der Waals surface area contributed by atoms with Gasteiger partial charge in [0, 0.05) is 31.9 Å². The summed E-state index contributed by atoms with van der Waals surface area (Å²) in [4.78, 5) is 14.9. The Bertz CT molecular complexity index is 2290. The average Bonchev–Trinajstić information content (AvgIpc) is 3.47. The second kappa shape index (κ2) is 11.0. The monoisotopic (exact) mass is 629 g/mol. The van der Waals surface area contributed by atoms with Crippen LogP contribution in [0.2, 0.25) is 0 Å². The Labute approximate surface area is 262 Å². The summed E-state index contributed by atoms with van der Waals surface area (Å²) in [5, 5.41) is 2.11. The highest BCUT2D eigenvalue weighted by atomic mass is 79.9. The van der Waals surface area contributed by atoms with Crippen LogP contribution in [0.5, 0.6) is 0 Å². The molecule has 0 amide bonds. The van der Waals surface area contributed by atoms with Crippen molar-refractivity contribution < 1.29 is 4.42 Å². The smallest absolute Gasteiger partial charge is 0.164 e. The van der Waals surface area contributed by atoms with Gasteiger partial charge in [-0.25, -0.2) is 15.0 Å². The van der Waals surface area contributed by atoms with Crippen LogP contribution in [0.4, 0.5) is 0 Å². The van der Waals surface area contributed by atoms with Gasteiger partial charge in [-0.05, 0) is 64.7 Å². The number of fused-ring (bicyclic) bond motifs is 3. The van der Waals surface area contributed by atoms with Gasteiger partial charge in [0.2, 0.25) is 0 Å². The van der Waals surface area contributed by atoms with Gasteiger partial charge in [0.1, 0.15) is 11.2 Å². The molecule has 8 rings (SSSR count). The maximum absolute atomic E-state index is 6.07. The number of nitrogens with zero attached hydrogens (tertiary/aromatic N) is 3. The molecule has 0 spiro atoms. The molecule has 0 aliphatic heterocycles. The van der Waals surface area contributed by atoms with E-state index >= 15 is 0 Å². The summed E-state index contributed by atoms with van der Waals surface area (Å²) < 4.78 is 7.13. The van der Waals surface area contributed by atoms with Gasteiger partial charge >= 0.3 is 0 Å². The molecule has 0 radical (unpaired) electrons. The minimum atomic E-state index is 0.616. The van der Waals surface area contributed by atoms with Crippen molar-refractivity contribution in [1.82, 2.24) is 15.0 Å². The van der Waals surface area contributed by atoms with Crippen LogP contribution in [0.25, 0.3) is 78.4 Å². The number of benzene rings is 6. The second-order valence-corrected chi connectivity index (χ2v) is 11.6. The zero-order valence-corrected chi connectivity index (χ0v) is 25.1. The van der Waals surface area contributed by atoms with Gasteiger partial charge in [0.15, 0.2) is 17.5 Å². The van der Waals surface area contributed by atoms with Gasteiger partial charge in [-0.2, -0.15) is 0 Å². The molecule has 44 heavy (non-hydrogen) atoms. The molecular weight excluding hydrogens is 606 g/mol. The van der Waals surface area contributed by atoms with Gasteiger partial charge < -0.3 is 4.42 Å². The average molecular weight is 631 g/mol. The number of aromatic nitrogens is 3. The van der Waals surface area contributed by atoms with Crippen molar-refractivity contribution in [2.75, 3.05) is 0 Å². The predicted molar refractivity (Wildman–Crippen MR) is 182 cm³/mol. The minimum Gasteiger partial charge on any atom is -0.456 e. The molecule has 0 unspecified atom stereocenters. The van der Waals surface area contributed by atoms with E-state index in [0.29, 0.717) is 17.5 Å². The fraction of sp³-hybridized carbons (Fsp3) is 0. The first-order valence-electron chi connectivity index (χ1n) is 14.4. The van der Waals surface area contributed by atoms with Crippen molar-refractivity contribution in [3.63, 3.8) is 0 Å². The van der Waals surface area contributed by atoms with Crippen LogP contribution in [0.15, 0.2) is 154 Å². The van der Waals surface area contributed by atoms with Crippen LogP contribution in [0.3, 0.4) is 0 Å². The molecule has 2 aromatic heterocycles. The summed E-state index contributed by atoms with van der Waals surface area (Å²) in [7, 11) is 0. The van der Waals surface area contributed by atoms with Crippen LogP contribution in [0, 0.1) is 0 Å². The molecule has 0 bridgehead atoms. The molecule has 0 saturated carbocycles. The number of para-hydroxylation sites is 1. The molecule has 8 aromatic rings. The van der Waals surface area contributed by atoms with E-state index in [-0.39, 0.29) is 0 Å². The number of furan rings is 1. The first-order valence-corrected chi connectivity index (χ1v) is 15.2.